The fraction of sp³-hybridized carbons (Fsp3) is 1.00. The maximum atomic E-state index is 2.98. The van der Waals surface area contributed by atoms with Crippen molar-refractivity contribution in [1.82, 2.24) is 0 Å². The van der Waals surface area contributed by atoms with Gasteiger partial charge in [0, 0.05) is 0 Å². The van der Waals surface area contributed by atoms with Gasteiger partial charge in [0.05, 0.1) is 0 Å². The SMILES string of the molecule is CC1C(C)C2C(C)C(C)C(C)C3C4C(C)C5C(C(C)C4C(C1C)C23)C1C(C)C(C)C2C3C(C)C4C(C(C)C3C3C(C)C(C)C5C1C23)C12CC43C(C)C(C)C(C)C(C(C)C(C)C1C)C32. The molecule has 0 aromatic carbocycles. The minimum Gasteiger partial charge on any atom is -0.0620 e. The molecule has 0 heterocycles. The van der Waals surface area contributed by atoms with Crippen LogP contribution < -0.4 is 0 Å². The van der Waals surface area contributed by atoms with E-state index < -0.39 is 0 Å². The quantitative estimate of drug-likeness (QED) is 0.228. The summed E-state index contributed by atoms with van der Waals surface area (Å²) >= 11 is 0. The summed E-state index contributed by atoms with van der Waals surface area (Å²) in [7, 11) is 0. The molecule has 0 aromatic rings. The van der Waals surface area contributed by atoms with E-state index in [2.05, 4.69) is 138 Å². The van der Waals surface area contributed by atoms with Crippen molar-refractivity contribution in [2.24, 2.45) is 248 Å². The summed E-state index contributed by atoms with van der Waals surface area (Å²) < 4.78 is 0. The molecule has 2 bridgehead atoms. The molecule has 13 aliphatic rings. The number of fused-ring (bicyclic) bond motifs is 10. The van der Waals surface area contributed by atoms with Crippen molar-refractivity contribution in [3.05, 3.63) is 0 Å². The van der Waals surface area contributed by atoms with Crippen LogP contribution in [0.2, 0.25) is 0 Å². The maximum absolute atomic E-state index is 2.98. The Kier molecular flexibility index (Phi) is 8.91. The second kappa shape index (κ2) is 13.0. The average molecular weight is 860 g/mol. The molecule has 36 atom stereocenters. The molecule has 0 heteroatoms. The van der Waals surface area contributed by atoms with Crippen LogP contribution in [0.5, 0.6) is 0 Å². The predicted octanol–water partition coefficient (Wildman–Crippen LogP) is 15.6. The molecule has 0 N–H and O–H groups in total. The van der Waals surface area contributed by atoms with E-state index in [-0.39, 0.29) is 0 Å². The second-order valence-electron chi connectivity index (χ2n) is 30.8. The first-order valence-electron chi connectivity index (χ1n) is 29.7. The first-order chi connectivity index (χ1) is 29.7. The highest BCUT2D eigenvalue weighted by molar-refractivity contribution is 5.35. The molecule has 13 aliphatic carbocycles. The van der Waals surface area contributed by atoms with E-state index in [1.165, 1.54) is 0 Å². The highest BCUT2D eigenvalue weighted by Gasteiger charge is 2.88. The van der Waals surface area contributed by atoms with Crippen molar-refractivity contribution in [2.45, 2.75) is 145 Å². The third kappa shape index (κ3) is 4.22. The van der Waals surface area contributed by atoms with E-state index in [9.17, 15) is 0 Å². The number of hydrogen-bond donors (Lipinski definition) is 0. The molecule has 0 radical (unpaired) electrons. The van der Waals surface area contributed by atoms with Crippen LogP contribution in [-0.4, -0.2) is 0 Å². The average Bonchev–Trinajstić information content (AvgIpc) is 4.03. The molecule has 13 rings (SSSR count). The smallest absolute Gasteiger partial charge is 0.0193 e. The molecule has 0 aliphatic heterocycles. The Morgan fingerprint density at radius 1 is 0.190 bits per heavy atom. The van der Waals surface area contributed by atoms with Crippen molar-refractivity contribution < 1.29 is 0 Å². The van der Waals surface area contributed by atoms with Gasteiger partial charge in [-0.05, 0) is 254 Å². The maximum Gasteiger partial charge on any atom is -0.0193 e. The predicted molar refractivity (Wildman–Crippen MR) is 263 cm³/mol. The Balaban J connectivity index is 0.925. The van der Waals surface area contributed by atoms with Gasteiger partial charge >= 0.3 is 0 Å². The lowest BCUT2D eigenvalue weighted by molar-refractivity contribution is -0.272. The van der Waals surface area contributed by atoms with Crippen LogP contribution in [0.3, 0.4) is 0 Å². The molecule has 354 valence electrons. The Morgan fingerprint density at radius 2 is 0.413 bits per heavy atom. The molecular weight excluding hydrogens is 757 g/mol. The zero-order valence-electron chi connectivity index (χ0n) is 44.8. The van der Waals surface area contributed by atoms with Gasteiger partial charge in [-0.1, -0.05) is 138 Å². The van der Waals surface area contributed by atoms with E-state index in [4.69, 9.17) is 0 Å². The molecule has 36 unspecified atom stereocenters. The topological polar surface area (TPSA) is 0 Å². The van der Waals surface area contributed by atoms with Crippen molar-refractivity contribution >= 4 is 0 Å². The van der Waals surface area contributed by atoms with Gasteiger partial charge in [0.15, 0.2) is 0 Å². The Hall–Kier alpha value is 0. The number of rotatable bonds is 0. The normalized spacial score (nSPS) is 76.0. The van der Waals surface area contributed by atoms with E-state index in [0.29, 0.717) is 10.8 Å². The Bertz CT molecular complexity index is 1750. The summed E-state index contributed by atoms with van der Waals surface area (Å²) in [5.74, 6) is 37.7. The Morgan fingerprint density at radius 3 is 0.730 bits per heavy atom. The molecule has 13 fully saturated rings. The fourth-order valence-electron chi connectivity index (χ4n) is 29.7. The van der Waals surface area contributed by atoms with Crippen molar-refractivity contribution in [3.8, 4) is 0 Å². The van der Waals surface area contributed by atoms with Crippen LogP contribution in [0.25, 0.3) is 0 Å². The molecule has 13 saturated carbocycles. The van der Waals surface area contributed by atoms with Crippen LogP contribution in [-0.2, 0) is 0 Å². The van der Waals surface area contributed by atoms with E-state index in [1.54, 1.807) is 6.42 Å². The molecule has 0 nitrogen and oxygen atoms in total. The lowest BCUT2D eigenvalue weighted by Gasteiger charge is -2.74. The molecule has 0 spiro atoms. The summed E-state index contributed by atoms with van der Waals surface area (Å²) in [4.78, 5) is 0. The molecule has 0 aromatic heterocycles. The first kappa shape index (κ1) is 43.1. The summed E-state index contributed by atoms with van der Waals surface area (Å²) in [6.45, 7) is 56.7. The van der Waals surface area contributed by atoms with E-state index in [0.717, 1.165) is 237 Å². The lowest BCUT2D eigenvalue weighted by Crippen LogP contribution is -2.70. The highest BCUT2D eigenvalue weighted by atomic mass is 14.9. The minimum atomic E-state index is 0.628. The van der Waals surface area contributed by atoms with Crippen LogP contribution in [0.4, 0.5) is 0 Å². The second-order valence-corrected chi connectivity index (χ2v) is 30.8. The van der Waals surface area contributed by atoms with Gasteiger partial charge in [-0.2, -0.15) is 0 Å². The molecule has 0 saturated heterocycles. The van der Waals surface area contributed by atoms with Gasteiger partial charge in [0.1, 0.15) is 0 Å². The third-order valence-corrected chi connectivity index (χ3v) is 32.1. The van der Waals surface area contributed by atoms with Gasteiger partial charge in [0.25, 0.3) is 0 Å². The monoisotopic (exact) mass is 859 g/mol. The first-order valence-corrected chi connectivity index (χ1v) is 29.7. The van der Waals surface area contributed by atoms with Gasteiger partial charge in [-0.3, -0.25) is 0 Å². The van der Waals surface area contributed by atoms with Gasteiger partial charge in [-0.25, -0.2) is 0 Å². The van der Waals surface area contributed by atoms with Gasteiger partial charge < -0.3 is 0 Å². The lowest BCUT2D eigenvalue weighted by atomic mass is 9.30. The standard InChI is InChI=1S/C63H102/c1-22-26(5)42-27(6)23(2)29(8)45-51-37(16)53-47-33(12)35(14)49-55-39(18)60-59(62-21-63(60)41(20)25(4)31(10)43(61(62)63)30(9)24(3)40(62)19)38(17)54(55)48-34(13)32(11)46(57(47)58(48)49)52(53)36(15)50(51)44(28(22)7)56(42)45/h22-61H,21H2,1-20H3. The molecular formula is C63H102. The van der Waals surface area contributed by atoms with Crippen LogP contribution in [0.1, 0.15) is 145 Å². The van der Waals surface area contributed by atoms with Crippen molar-refractivity contribution in [1.29, 1.82) is 0 Å². The summed E-state index contributed by atoms with van der Waals surface area (Å²) in [6.07, 6.45) is 1.63. The highest BCUT2D eigenvalue weighted by Crippen LogP contribution is 2.93. The summed E-state index contributed by atoms with van der Waals surface area (Å²) in [5.41, 5.74) is 1.26. The van der Waals surface area contributed by atoms with Crippen molar-refractivity contribution in [3.63, 3.8) is 0 Å². The van der Waals surface area contributed by atoms with Crippen LogP contribution in [0.15, 0.2) is 0 Å². The third-order valence-electron chi connectivity index (χ3n) is 32.1. The summed E-state index contributed by atoms with van der Waals surface area (Å²) in [5, 5.41) is 0. The van der Waals surface area contributed by atoms with Crippen LogP contribution >= 0.6 is 0 Å². The van der Waals surface area contributed by atoms with Crippen LogP contribution in [0, 0.1) is 248 Å². The fourth-order valence-corrected chi connectivity index (χ4v) is 29.7. The Labute approximate surface area is 390 Å². The van der Waals surface area contributed by atoms with Gasteiger partial charge in [-0.15, -0.1) is 0 Å². The van der Waals surface area contributed by atoms with Gasteiger partial charge in [0.2, 0.25) is 0 Å². The summed E-state index contributed by atoms with van der Waals surface area (Å²) in [6, 6.07) is 0. The molecule has 63 heavy (non-hydrogen) atoms. The zero-order valence-corrected chi connectivity index (χ0v) is 44.8. The largest absolute Gasteiger partial charge is 0.0620 e. The van der Waals surface area contributed by atoms with E-state index in [1.807, 2.05) is 0 Å². The zero-order chi connectivity index (χ0) is 44.8. The van der Waals surface area contributed by atoms with Crippen molar-refractivity contribution in [2.75, 3.05) is 0 Å². The minimum absolute atomic E-state index is 0.628. The molecule has 0 amide bonds. The van der Waals surface area contributed by atoms with E-state index >= 15 is 0 Å². The number of hydrogen-bond acceptors (Lipinski definition) is 0.